The molecule has 10 heteroatoms. The molecule has 2 aromatic rings. The third-order valence-electron chi connectivity index (χ3n) is 2.82. The van der Waals surface area contributed by atoms with Crippen LogP contribution in [-0.2, 0) is 13.2 Å². The zero-order chi connectivity index (χ0) is 16.8. The van der Waals surface area contributed by atoms with Crippen molar-refractivity contribution in [3.8, 4) is 5.69 Å². The number of aromatic nitrogens is 2. The van der Waals surface area contributed by atoms with Gasteiger partial charge >= 0.3 is 11.9 Å². The number of nitrogens with zero attached hydrogens (tertiary/aromatic N) is 2. The van der Waals surface area contributed by atoms with Crippen LogP contribution in [0.2, 0.25) is 5.02 Å². The Bertz CT molecular complexity index is 846. The molecule has 0 fully saturated rings. The van der Waals surface area contributed by atoms with Gasteiger partial charge in [0.15, 0.2) is 11.6 Å². The molecule has 0 spiro atoms. The van der Waals surface area contributed by atoms with Crippen LogP contribution in [0, 0.1) is 11.6 Å². The number of hydrogen-bond acceptors (Lipinski definition) is 2. The van der Waals surface area contributed by atoms with Crippen molar-refractivity contribution in [1.29, 1.82) is 0 Å². The Hall–Kier alpha value is -2.16. The Morgan fingerprint density at radius 2 is 1.55 bits per heavy atom. The van der Waals surface area contributed by atoms with E-state index in [1.54, 1.807) is 0 Å². The molecule has 0 aliphatic rings. The van der Waals surface area contributed by atoms with Gasteiger partial charge in [0.2, 0.25) is 0 Å². The summed E-state index contributed by atoms with van der Waals surface area (Å²) in [5.41, 5.74) is -5.69. The van der Waals surface area contributed by atoms with Gasteiger partial charge in [0.25, 0.3) is 5.56 Å². The fourth-order valence-electron chi connectivity index (χ4n) is 1.85. The lowest BCUT2D eigenvalue weighted by Crippen LogP contribution is -2.41. The van der Waals surface area contributed by atoms with Crippen LogP contribution < -0.4 is 11.2 Å². The van der Waals surface area contributed by atoms with Crippen LogP contribution in [0.3, 0.4) is 0 Å². The molecule has 1 aromatic heterocycles. The van der Waals surface area contributed by atoms with E-state index in [4.69, 9.17) is 11.6 Å². The van der Waals surface area contributed by atoms with Crippen LogP contribution in [0.5, 0.6) is 0 Å². The number of alkyl halides is 3. The predicted octanol–water partition coefficient (Wildman–Crippen LogP) is 2.49. The quantitative estimate of drug-likeness (QED) is 0.749. The SMILES string of the molecule is Cn1c(C(F)(F)F)cc(=O)n(-c2c(F)cc(Cl)cc2F)c1=O. The highest BCUT2D eigenvalue weighted by Crippen LogP contribution is 2.27. The minimum Gasteiger partial charge on any atom is -0.292 e. The third kappa shape index (κ3) is 2.63. The summed E-state index contributed by atoms with van der Waals surface area (Å²) in [5, 5.41) is -0.337. The largest absolute Gasteiger partial charge is 0.431 e. The number of rotatable bonds is 1. The molecule has 0 aliphatic carbocycles. The summed E-state index contributed by atoms with van der Waals surface area (Å²) in [7, 11) is 0.729. The predicted molar refractivity (Wildman–Crippen MR) is 67.2 cm³/mol. The Labute approximate surface area is 124 Å². The van der Waals surface area contributed by atoms with Crippen molar-refractivity contribution in [2.45, 2.75) is 6.18 Å². The summed E-state index contributed by atoms with van der Waals surface area (Å²) in [6, 6.07) is 1.34. The Morgan fingerprint density at radius 1 is 1.05 bits per heavy atom. The number of halogens is 6. The highest BCUT2D eigenvalue weighted by Gasteiger charge is 2.35. The summed E-state index contributed by atoms with van der Waals surface area (Å²) in [5.74, 6) is -2.71. The van der Waals surface area contributed by atoms with Crippen LogP contribution in [0.4, 0.5) is 22.0 Å². The van der Waals surface area contributed by atoms with E-state index in [2.05, 4.69) is 0 Å². The van der Waals surface area contributed by atoms with Gasteiger partial charge in [0.1, 0.15) is 11.4 Å². The first-order valence-electron chi connectivity index (χ1n) is 5.59. The second-order valence-electron chi connectivity index (χ2n) is 4.26. The fraction of sp³-hybridized carbons (Fsp3) is 0.167. The molecule has 0 N–H and O–H groups in total. The van der Waals surface area contributed by atoms with Gasteiger partial charge in [-0.1, -0.05) is 11.6 Å². The molecule has 0 saturated heterocycles. The molecular formula is C12H6ClF5N2O2. The third-order valence-corrected chi connectivity index (χ3v) is 3.03. The number of benzene rings is 1. The monoisotopic (exact) mass is 340 g/mol. The molecule has 0 unspecified atom stereocenters. The van der Waals surface area contributed by atoms with Gasteiger partial charge in [-0.3, -0.25) is 9.36 Å². The molecule has 0 bridgehead atoms. The molecule has 0 aliphatic heterocycles. The first kappa shape index (κ1) is 16.2. The Morgan fingerprint density at radius 3 is 2.00 bits per heavy atom. The van der Waals surface area contributed by atoms with Crippen molar-refractivity contribution in [2.75, 3.05) is 0 Å². The molecule has 0 amide bonds. The van der Waals surface area contributed by atoms with E-state index in [9.17, 15) is 31.5 Å². The van der Waals surface area contributed by atoms with Gasteiger partial charge in [-0.2, -0.15) is 13.2 Å². The molecular weight excluding hydrogens is 335 g/mol. The molecule has 22 heavy (non-hydrogen) atoms. The van der Waals surface area contributed by atoms with Crippen molar-refractivity contribution >= 4 is 11.6 Å². The topological polar surface area (TPSA) is 44.0 Å². The normalized spacial score (nSPS) is 11.8. The minimum absolute atomic E-state index is 0.0315. The second kappa shape index (κ2) is 5.24. The lowest BCUT2D eigenvalue weighted by molar-refractivity contribution is -0.144. The summed E-state index contributed by atoms with van der Waals surface area (Å²) in [6.07, 6.45) is -4.97. The van der Waals surface area contributed by atoms with Gasteiger partial charge in [-0.05, 0) is 12.1 Å². The van der Waals surface area contributed by atoms with Crippen molar-refractivity contribution in [3.63, 3.8) is 0 Å². The van der Waals surface area contributed by atoms with Gasteiger partial charge in [0.05, 0.1) is 0 Å². The summed E-state index contributed by atoms with van der Waals surface area (Å²) < 4.78 is 65.6. The molecule has 1 aromatic carbocycles. The van der Waals surface area contributed by atoms with Crippen LogP contribution >= 0.6 is 11.6 Å². The average Bonchev–Trinajstić information content (AvgIpc) is 2.35. The maximum absolute atomic E-state index is 13.8. The first-order valence-corrected chi connectivity index (χ1v) is 5.97. The molecule has 0 atom stereocenters. The van der Waals surface area contributed by atoms with Crippen molar-refractivity contribution in [3.05, 3.63) is 61.4 Å². The minimum atomic E-state index is -4.97. The molecule has 0 saturated carbocycles. The maximum atomic E-state index is 13.8. The summed E-state index contributed by atoms with van der Waals surface area (Å²) >= 11 is 5.41. The molecule has 1 heterocycles. The van der Waals surface area contributed by atoms with Gasteiger partial charge in [-0.15, -0.1) is 0 Å². The van der Waals surface area contributed by atoms with E-state index in [-0.39, 0.29) is 20.2 Å². The van der Waals surface area contributed by atoms with E-state index < -0.39 is 40.4 Å². The lowest BCUT2D eigenvalue weighted by Gasteiger charge is -2.14. The zero-order valence-corrected chi connectivity index (χ0v) is 11.5. The van der Waals surface area contributed by atoms with Gasteiger partial charge < -0.3 is 0 Å². The van der Waals surface area contributed by atoms with Crippen LogP contribution in [0.1, 0.15) is 5.69 Å². The standard InChI is InChI=1S/C12H6ClF5N2O2/c1-19-8(12(16,17)18)4-9(21)20(11(19)22)10-6(14)2-5(13)3-7(10)15/h2-4H,1H3. The lowest BCUT2D eigenvalue weighted by atomic mass is 10.2. The van der Waals surface area contributed by atoms with Crippen molar-refractivity contribution < 1.29 is 22.0 Å². The zero-order valence-electron chi connectivity index (χ0n) is 10.7. The number of hydrogen-bond donors (Lipinski definition) is 0. The van der Waals surface area contributed by atoms with Crippen LogP contribution in [-0.4, -0.2) is 9.13 Å². The van der Waals surface area contributed by atoms with E-state index in [0.717, 1.165) is 7.05 Å². The molecule has 2 rings (SSSR count). The van der Waals surface area contributed by atoms with E-state index >= 15 is 0 Å². The summed E-state index contributed by atoms with van der Waals surface area (Å²) in [6.45, 7) is 0. The van der Waals surface area contributed by atoms with Gasteiger partial charge in [0, 0.05) is 18.1 Å². The Kier molecular flexibility index (Phi) is 3.86. The molecule has 0 radical (unpaired) electrons. The van der Waals surface area contributed by atoms with E-state index in [0.29, 0.717) is 12.1 Å². The smallest absolute Gasteiger partial charge is 0.292 e. The molecule has 4 nitrogen and oxygen atoms in total. The van der Waals surface area contributed by atoms with Crippen molar-refractivity contribution in [1.82, 2.24) is 9.13 Å². The first-order chi connectivity index (χ1) is 10.0. The van der Waals surface area contributed by atoms with Crippen molar-refractivity contribution in [2.24, 2.45) is 7.05 Å². The van der Waals surface area contributed by atoms with Crippen LogP contribution in [0.15, 0.2) is 27.8 Å². The fourth-order valence-corrected chi connectivity index (χ4v) is 2.04. The van der Waals surface area contributed by atoms with Crippen LogP contribution in [0.25, 0.3) is 5.69 Å². The van der Waals surface area contributed by atoms with Gasteiger partial charge in [-0.25, -0.2) is 18.1 Å². The second-order valence-corrected chi connectivity index (χ2v) is 4.70. The highest BCUT2D eigenvalue weighted by atomic mass is 35.5. The Balaban J connectivity index is 2.89. The molecule has 118 valence electrons. The van der Waals surface area contributed by atoms with E-state index in [1.165, 1.54) is 0 Å². The summed E-state index contributed by atoms with van der Waals surface area (Å²) in [4.78, 5) is 23.6. The maximum Gasteiger partial charge on any atom is 0.431 e. The highest BCUT2D eigenvalue weighted by molar-refractivity contribution is 6.30. The average molecular weight is 341 g/mol. The van der Waals surface area contributed by atoms with E-state index in [1.807, 2.05) is 0 Å².